The first-order valence-corrected chi connectivity index (χ1v) is 7.65. The highest BCUT2D eigenvalue weighted by Crippen LogP contribution is 2.39. The molecule has 2 aromatic rings. The van der Waals surface area contributed by atoms with Gasteiger partial charge in [0.1, 0.15) is 5.82 Å². The van der Waals surface area contributed by atoms with Crippen molar-refractivity contribution in [3.8, 4) is 17.2 Å². The normalized spacial score (nSPS) is 10.1. The molecule has 8 heteroatoms. The Morgan fingerprint density at radius 3 is 2.20 bits per heavy atom. The van der Waals surface area contributed by atoms with Crippen molar-refractivity contribution in [2.45, 2.75) is 0 Å². The molecule has 0 aliphatic heterocycles. The first-order valence-electron chi connectivity index (χ1n) is 7.27. The number of hydrogen-bond donors (Lipinski definition) is 2. The van der Waals surface area contributed by atoms with E-state index in [-0.39, 0.29) is 17.5 Å². The molecule has 0 fully saturated rings. The Kier molecular flexibility index (Phi) is 6.30. The molecule has 0 bridgehead atoms. The highest BCUT2D eigenvalue weighted by atomic mass is 35.5. The van der Waals surface area contributed by atoms with E-state index >= 15 is 0 Å². The van der Waals surface area contributed by atoms with Crippen molar-refractivity contribution in [3.05, 3.63) is 41.2 Å². The monoisotopic (exact) mass is 368 g/mol. The van der Waals surface area contributed by atoms with E-state index in [0.29, 0.717) is 28.6 Å². The van der Waals surface area contributed by atoms with Crippen LogP contribution in [0, 0.1) is 5.82 Å². The van der Waals surface area contributed by atoms with Gasteiger partial charge in [-0.3, -0.25) is 4.79 Å². The number of halogens is 2. The van der Waals surface area contributed by atoms with Gasteiger partial charge in [0.25, 0.3) is 0 Å². The molecule has 0 saturated heterocycles. The molecule has 0 aliphatic carbocycles. The van der Waals surface area contributed by atoms with E-state index in [1.165, 1.54) is 39.5 Å². The summed E-state index contributed by atoms with van der Waals surface area (Å²) in [5.41, 5.74) is 1.02. The Morgan fingerprint density at radius 1 is 1.04 bits per heavy atom. The van der Waals surface area contributed by atoms with Crippen LogP contribution in [0.25, 0.3) is 0 Å². The molecule has 2 N–H and O–H groups in total. The summed E-state index contributed by atoms with van der Waals surface area (Å²) in [7, 11) is 4.47. The Labute approximate surface area is 149 Å². The van der Waals surface area contributed by atoms with Crippen LogP contribution in [-0.4, -0.2) is 33.8 Å². The first kappa shape index (κ1) is 18.7. The van der Waals surface area contributed by atoms with Crippen LogP contribution >= 0.6 is 11.6 Å². The number of carbonyl (C=O) groups excluding carboxylic acids is 1. The minimum Gasteiger partial charge on any atom is -0.493 e. The zero-order valence-corrected chi connectivity index (χ0v) is 14.7. The lowest BCUT2D eigenvalue weighted by Crippen LogP contribution is -2.21. The summed E-state index contributed by atoms with van der Waals surface area (Å²) in [6.45, 7) is -0.0291. The van der Waals surface area contributed by atoms with Crippen LogP contribution in [0.2, 0.25) is 5.02 Å². The van der Waals surface area contributed by atoms with Crippen molar-refractivity contribution >= 4 is 28.9 Å². The van der Waals surface area contributed by atoms with Crippen LogP contribution in [0.5, 0.6) is 17.2 Å². The summed E-state index contributed by atoms with van der Waals surface area (Å²) < 4.78 is 28.8. The van der Waals surface area contributed by atoms with Gasteiger partial charge in [0.05, 0.1) is 32.9 Å². The van der Waals surface area contributed by atoms with E-state index in [2.05, 4.69) is 10.6 Å². The van der Waals surface area contributed by atoms with Crippen molar-refractivity contribution in [2.75, 3.05) is 38.5 Å². The maximum absolute atomic E-state index is 13.1. The number of methoxy groups -OCH3 is 3. The first-order chi connectivity index (χ1) is 12.0. The number of benzene rings is 2. The summed E-state index contributed by atoms with van der Waals surface area (Å²) in [4.78, 5) is 12.1. The summed E-state index contributed by atoms with van der Waals surface area (Å²) in [5.74, 6) is 0.455. The lowest BCUT2D eigenvalue weighted by atomic mass is 10.2. The molecule has 134 valence electrons. The van der Waals surface area contributed by atoms with E-state index < -0.39 is 5.82 Å². The third-order valence-electron chi connectivity index (χ3n) is 3.32. The van der Waals surface area contributed by atoms with Gasteiger partial charge in [0.15, 0.2) is 11.5 Å². The van der Waals surface area contributed by atoms with Gasteiger partial charge in [-0.1, -0.05) is 11.6 Å². The number of nitrogens with one attached hydrogen (secondary N) is 2. The molecule has 1 amide bonds. The Bertz CT molecular complexity index is 745. The molecule has 0 aromatic heterocycles. The third-order valence-corrected chi connectivity index (χ3v) is 3.61. The van der Waals surface area contributed by atoms with Gasteiger partial charge in [0, 0.05) is 23.5 Å². The van der Waals surface area contributed by atoms with Crippen molar-refractivity contribution in [3.63, 3.8) is 0 Å². The van der Waals surface area contributed by atoms with Gasteiger partial charge in [-0.05, 0) is 18.2 Å². The lowest BCUT2D eigenvalue weighted by Gasteiger charge is -2.15. The fourth-order valence-corrected chi connectivity index (χ4v) is 2.33. The number of rotatable bonds is 7. The van der Waals surface area contributed by atoms with Crippen LogP contribution in [-0.2, 0) is 4.79 Å². The van der Waals surface area contributed by atoms with Crippen molar-refractivity contribution in [1.29, 1.82) is 0 Å². The molecule has 0 unspecified atom stereocenters. The third kappa shape index (κ3) is 4.67. The molecule has 0 heterocycles. The maximum Gasteiger partial charge on any atom is 0.243 e. The summed E-state index contributed by atoms with van der Waals surface area (Å²) in [6, 6.07) is 7.36. The van der Waals surface area contributed by atoms with Crippen LogP contribution in [0.4, 0.5) is 15.8 Å². The highest BCUT2D eigenvalue weighted by molar-refractivity contribution is 6.31. The summed E-state index contributed by atoms with van der Waals surface area (Å²) in [6.07, 6.45) is 0. The molecule has 0 saturated carbocycles. The Hall–Kier alpha value is -2.67. The fraction of sp³-hybridized carbons (Fsp3) is 0.235. The van der Waals surface area contributed by atoms with E-state index in [1.54, 1.807) is 12.1 Å². The zero-order chi connectivity index (χ0) is 18.4. The van der Waals surface area contributed by atoms with E-state index in [0.717, 1.165) is 0 Å². The molecule has 0 atom stereocenters. The topological polar surface area (TPSA) is 68.8 Å². The largest absolute Gasteiger partial charge is 0.493 e. The molecule has 0 aliphatic rings. The molecule has 2 rings (SSSR count). The van der Waals surface area contributed by atoms with Crippen molar-refractivity contribution in [2.24, 2.45) is 0 Å². The van der Waals surface area contributed by atoms with Crippen LogP contribution < -0.4 is 24.8 Å². The van der Waals surface area contributed by atoms with E-state index in [9.17, 15) is 9.18 Å². The number of hydrogen-bond acceptors (Lipinski definition) is 5. The summed E-state index contributed by atoms with van der Waals surface area (Å²) >= 11 is 5.70. The second-order valence-electron chi connectivity index (χ2n) is 4.94. The highest BCUT2D eigenvalue weighted by Gasteiger charge is 2.14. The van der Waals surface area contributed by atoms with Crippen molar-refractivity contribution in [1.82, 2.24) is 0 Å². The van der Waals surface area contributed by atoms with E-state index in [1.807, 2.05) is 0 Å². The fourth-order valence-electron chi connectivity index (χ4n) is 2.15. The molecule has 0 spiro atoms. The van der Waals surface area contributed by atoms with Gasteiger partial charge >= 0.3 is 0 Å². The molecule has 6 nitrogen and oxygen atoms in total. The predicted molar refractivity (Wildman–Crippen MR) is 94.6 cm³/mol. The van der Waals surface area contributed by atoms with E-state index in [4.69, 9.17) is 25.8 Å². The summed E-state index contributed by atoms with van der Waals surface area (Å²) in [5, 5.41) is 5.56. The average Bonchev–Trinajstić information content (AvgIpc) is 2.61. The smallest absolute Gasteiger partial charge is 0.243 e. The zero-order valence-electron chi connectivity index (χ0n) is 14.0. The molecular weight excluding hydrogens is 351 g/mol. The number of carbonyl (C=O) groups is 1. The SMILES string of the molecule is COc1cc(NC(=O)CNc2ccc(F)c(Cl)c2)cc(OC)c1OC. The van der Waals surface area contributed by atoms with Crippen LogP contribution in [0.1, 0.15) is 0 Å². The minimum atomic E-state index is -0.519. The second-order valence-corrected chi connectivity index (χ2v) is 5.35. The molecule has 2 aromatic carbocycles. The van der Waals surface area contributed by atoms with Gasteiger partial charge in [0.2, 0.25) is 11.7 Å². The Balaban J connectivity index is 2.05. The number of anilines is 2. The maximum atomic E-state index is 13.1. The minimum absolute atomic E-state index is 0.0185. The van der Waals surface area contributed by atoms with Crippen molar-refractivity contribution < 1.29 is 23.4 Å². The predicted octanol–water partition coefficient (Wildman–Crippen LogP) is 3.56. The molecule has 25 heavy (non-hydrogen) atoms. The van der Waals surface area contributed by atoms with Gasteiger partial charge < -0.3 is 24.8 Å². The average molecular weight is 369 g/mol. The molecule has 0 radical (unpaired) electrons. The Morgan fingerprint density at radius 2 is 1.68 bits per heavy atom. The van der Waals surface area contributed by atoms with Gasteiger partial charge in [-0.2, -0.15) is 0 Å². The standard InChI is InChI=1S/C17H18ClFN2O4/c1-23-14-7-11(8-15(24-2)17(14)25-3)21-16(22)9-20-10-4-5-13(19)12(18)6-10/h4-8,20H,9H2,1-3H3,(H,21,22). The second kappa shape index (κ2) is 8.43. The number of amides is 1. The number of ether oxygens (including phenoxy) is 3. The quantitative estimate of drug-likeness (QED) is 0.782. The van der Waals surface area contributed by atoms with Gasteiger partial charge in [-0.25, -0.2) is 4.39 Å². The van der Waals surface area contributed by atoms with Gasteiger partial charge in [-0.15, -0.1) is 0 Å². The molecular formula is C17H18ClFN2O4. The van der Waals surface area contributed by atoms with Crippen LogP contribution in [0.15, 0.2) is 30.3 Å². The van der Waals surface area contributed by atoms with Crippen LogP contribution in [0.3, 0.4) is 0 Å². The lowest BCUT2D eigenvalue weighted by molar-refractivity contribution is -0.114.